The summed E-state index contributed by atoms with van der Waals surface area (Å²) in [6, 6.07) is 17.7. The number of carbonyl (C=O) groups excluding carboxylic acids is 1. The molecule has 2 N–H and O–H groups in total. The van der Waals surface area contributed by atoms with Crippen LogP contribution in [-0.2, 0) is 11.3 Å². The molecule has 0 spiro atoms. The maximum Gasteiger partial charge on any atom is 0.411 e. The second-order valence-electron chi connectivity index (χ2n) is 5.24. The number of rotatable bonds is 5. The normalized spacial score (nSPS) is 10.2. The van der Waals surface area contributed by atoms with Gasteiger partial charge in [0.15, 0.2) is 0 Å². The Morgan fingerprint density at radius 2 is 1.84 bits per heavy atom. The molecule has 2 aromatic carbocycles. The molecule has 0 saturated carbocycles. The number of nitrogens with one attached hydrogen (secondary N) is 1. The van der Waals surface area contributed by atoms with Crippen molar-refractivity contribution in [2.24, 2.45) is 0 Å². The Kier molecular flexibility index (Phi) is 4.80. The van der Waals surface area contributed by atoms with Crippen LogP contribution in [0, 0.1) is 0 Å². The highest BCUT2D eigenvalue weighted by atomic mass is 16.5. The average molecular weight is 337 g/mol. The number of furan rings is 1. The molecule has 0 atom stereocenters. The molecule has 6 heteroatoms. The van der Waals surface area contributed by atoms with E-state index in [-0.39, 0.29) is 12.4 Å². The van der Waals surface area contributed by atoms with Gasteiger partial charge in [0.25, 0.3) is 0 Å². The van der Waals surface area contributed by atoms with Crippen molar-refractivity contribution in [3.05, 3.63) is 78.3 Å². The van der Waals surface area contributed by atoms with Gasteiger partial charge in [-0.2, -0.15) is 0 Å². The Hall–Kier alpha value is -3.54. The van der Waals surface area contributed by atoms with Crippen LogP contribution in [0.25, 0.3) is 11.1 Å². The Bertz CT molecular complexity index is 886. The molecule has 0 unspecified atom stereocenters. The largest absolute Gasteiger partial charge is 0.475 e. The van der Waals surface area contributed by atoms with Gasteiger partial charge < -0.3 is 14.3 Å². The Morgan fingerprint density at radius 3 is 2.60 bits per heavy atom. The van der Waals surface area contributed by atoms with E-state index < -0.39 is 12.1 Å². The van der Waals surface area contributed by atoms with Crippen LogP contribution in [0.5, 0.6) is 0 Å². The van der Waals surface area contributed by atoms with Crippen molar-refractivity contribution in [3.8, 4) is 11.1 Å². The molecule has 0 saturated heterocycles. The lowest BCUT2D eigenvalue weighted by atomic mass is 10.1. The second-order valence-corrected chi connectivity index (χ2v) is 5.24. The minimum Gasteiger partial charge on any atom is -0.475 e. The van der Waals surface area contributed by atoms with Gasteiger partial charge in [-0.3, -0.25) is 5.32 Å². The van der Waals surface area contributed by atoms with E-state index in [9.17, 15) is 9.59 Å². The molecule has 1 heterocycles. The number of carboxylic acids is 1. The van der Waals surface area contributed by atoms with Crippen molar-refractivity contribution in [1.82, 2.24) is 0 Å². The summed E-state index contributed by atoms with van der Waals surface area (Å²) in [6.45, 7) is 0.164. The first-order valence-corrected chi connectivity index (χ1v) is 7.52. The summed E-state index contributed by atoms with van der Waals surface area (Å²) < 4.78 is 10.1. The monoisotopic (exact) mass is 337 g/mol. The summed E-state index contributed by atoms with van der Waals surface area (Å²) in [5, 5.41) is 11.7. The van der Waals surface area contributed by atoms with Gasteiger partial charge in [-0.1, -0.05) is 42.5 Å². The zero-order valence-corrected chi connectivity index (χ0v) is 13.1. The minimum atomic E-state index is -1.15. The highest BCUT2D eigenvalue weighted by Crippen LogP contribution is 2.27. The van der Waals surface area contributed by atoms with Gasteiger partial charge in [0.05, 0.1) is 6.26 Å². The van der Waals surface area contributed by atoms with Gasteiger partial charge in [0, 0.05) is 11.3 Å². The van der Waals surface area contributed by atoms with Crippen LogP contribution < -0.4 is 5.32 Å². The van der Waals surface area contributed by atoms with E-state index >= 15 is 0 Å². The van der Waals surface area contributed by atoms with Crippen molar-refractivity contribution in [3.63, 3.8) is 0 Å². The lowest BCUT2D eigenvalue weighted by molar-refractivity contribution is 0.0663. The molecule has 1 amide bonds. The van der Waals surface area contributed by atoms with Crippen LogP contribution in [0.1, 0.15) is 16.1 Å². The second kappa shape index (κ2) is 7.35. The fraction of sp³-hybridized carbons (Fsp3) is 0.0526. The first kappa shape index (κ1) is 16.3. The van der Waals surface area contributed by atoms with Gasteiger partial charge in [-0.25, -0.2) is 9.59 Å². The van der Waals surface area contributed by atoms with Crippen molar-refractivity contribution in [1.29, 1.82) is 0 Å². The summed E-state index contributed by atoms with van der Waals surface area (Å²) in [6.07, 6.45) is 0.721. The molecular formula is C19H15NO5. The van der Waals surface area contributed by atoms with Gasteiger partial charge in [-0.15, -0.1) is 0 Å². The minimum absolute atomic E-state index is 0.149. The number of hydrogen-bond acceptors (Lipinski definition) is 4. The van der Waals surface area contributed by atoms with Crippen molar-refractivity contribution >= 4 is 17.7 Å². The number of carboxylic acid groups (broad SMARTS) is 1. The summed E-state index contributed by atoms with van der Waals surface area (Å²) >= 11 is 0. The van der Waals surface area contributed by atoms with Crippen LogP contribution in [0.15, 0.2) is 71.3 Å². The quantitative estimate of drug-likeness (QED) is 0.720. The average Bonchev–Trinajstić information content (AvgIpc) is 3.11. The van der Waals surface area contributed by atoms with Crippen LogP contribution in [0.4, 0.5) is 10.5 Å². The molecule has 3 aromatic rings. The zero-order valence-electron chi connectivity index (χ0n) is 13.1. The Labute approximate surface area is 143 Å². The molecule has 1 aromatic heterocycles. The summed E-state index contributed by atoms with van der Waals surface area (Å²) in [5.74, 6) is -1.30. The number of anilines is 1. The van der Waals surface area contributed by atoms with E-state index in [2.05, 4.69) is 5.32 Å². The molecule has 6 nitrogen and oxygen atoms in total. The summed E-state index contributed by atoms with van der Waals surface area (Å²) in [5.41, 5.74) is 2.44. The van der Waals surface area contributed by atoms with Crippen molar-refractivity contribution in [2.45, 2.75) is 6.61 Å². The van der Waals surface area contributed by atoms with Crippen LogP contribution in [0.2, 0.25) is 0 Å². The number of amides is 1. The first-order valence-electron chi connectivity index (χ1n) is 7.52. The molecule has 0 aliphatic rings. The van der Waals surface area contributed by atoms with E-state index in [1.54, 1.807) is 30.3 Å². The third kappa shape index (κ3) is 4.06. The third-order valence-electron chi connectivity index (χ3n) is 3.49. The lowest BCUT2D eigenvalue weighted by Gasteiger charge is -2.08. The Balaban J connectivity index is 1.68. The van der Waals surface area contributed by atoms with Gasteiger partial charge >= 0.3 is 12.1 Å². The number of carbonyl (C=O) groups is 2. The van der Waals surface area contributed by atoms with Gasteiger partial charge in [-0.05, 0) is 29.3 Å². The van der Waals surface area contributed by atoms with Crippen molar-refractivity contribution < 1.29 is 23.8 Å². The molecule has 0 radical (unpaired) electrons. The highest BCUT2D eigenvalue weighted by Gasteiger charge is 2.16. The fourth-order valence-corrected chi connectivity index (χ4v) is 2.34. The van der Waals surface area contributed by atoms with E-state index in [1.807, 2.05) is 30.3 Å². The standard InChI is InChI=1S/C19H15NO5/c21-18(22)17-16(9-10-24-17)14-7-4-8-15(11-14)20-19(23)25-12-13-5-2-1-3-6-13/h1-11H,12H2,(H,20,23)(H,21,22). The van der Waals surface area contributed by atoms with E-state index in [0.29, 0.717) is 16.8 Å². The topological polar surface area (TPSA) is 88.8 Å². The number of benzene rings is 2. The summed E-state index contributed by atoms with van der Waals surface area (Å²) in [7, 11) is 0. The summed E-state index contributed by atoms with van der Waals surface area (Å²) in [4.78, 5) is 23.1. The Morgan fingerprint density at radius 1 is 1.04 bits per heavy atom. The number of ether oxygens (including phenoxy) is 1. The number of hydrogen-bond donors (Lipinski definition) is 2. The van der Waals surface area contributed by atoms with Crippen LogP contribution in [-0.4, -0.2) is 17.2 Å². The molecule has 0 aliphatic carbocycles. The number of aromatic carboxylic acids is 1. The van der Waals surface area contributed by atoms with Gasteiger partial charge in [0.1, 0.15) is 6.61 Å². The van der Waals surface area contributed by atoms with Crippen LogP contribution >= 0.6 is 0 Å². The highest BCUT2D eigenvalue weighted by molar-refractivity contribution is 5.94. The first-order chi connectivity index (χ1) is 12.1. The van der Waals surface area contributed by atoms with Crippen molar-refractivity contribution in [2.75, 3.05) is 5.32 Å². The van der Waals surface area contributed by atoms with E-state index in [0.717, 1.165) is 5.56 Å². The molecular weight excluding hydrogens is 322 g/mol. The smallest absolute Gasteiger partial charge is 0.411 e. The molecule has 0 fully saturated rings. The molecule has 0 aliphatic heterocycles. The molecule has 126 valence electrons. The predicted octanol–water partition coefficient (Wildman–Crippen LogP) is 4.39. The van der Waals surface area contributed by atoms with E-state index in [4.69, 9.17) is 14.3 Å². The SMILES string of the molecule is O=C(Nc1cccc(-c2ccoc2C(=O)O)c1)OCc1ccccc1. The zero-order chi connectivity index (χ0) is 17.6. The lowest BCUT2D eigenvalue weighted by Crippen LogP contribution is -2.13. The molecule has 0 bridgehead atoms. The van der Waals surface area contributed by atoms with Crippen LogP contribution in [0.3, 0.4) is 0 Å². The maximum absolute atomic E-state index is 11.9. The predicted molar refractivity (Wildman–Crippen MR) is 91.4 cm³/mol. The molecule has 3 rings (SSSR count). The fourth-order valence-electron chi connectivity index (χ4n) is 2.34. The third-order valence-corrected chi connectivity index (χ3v) is 3.49. The maximum atomic E-state index is 11.9. The van der Waals surface area contributed by atoms with Gasteiger partial charge in [0.2, 0.25) is 5.76 Å². The molecule has 25 heavy (non-hydrogen) atoms. The van der Waals surface area contributed by atoms with E-state index in [1.165, 1.54) is 6.26 Å².